The minimum atomic E-state index is -3.82. The minimum absolute atomic E-state index is 0.0798. The van der Waals surface area contributed by atoms with E-state index >= 15 is 0 Å². The second kappa shape index (κ2) is 4.31. The molecule has 0 bridgehead atoms. The molecule has 0 aliphatic rings. The van der Waals surface area contributed by atoms with E-state index in [4.69, 9.17) is 22.3 Å². The Morgan fingerprint density at radius 2 is 2.00 bits per heavy atom. The van der Waals surface area contributed by atoms with Crippen LogP contribution in [0.2, 0.25) is 5.15 Å². The predicted molar refractivity (Wildman–Crippen MR) is 59.9 cm³/mol. The van der Waals surface area contributed by atoms with Crippen molar-refractivity contribution in [2.24, 2.45) is 5.92 Å². The molecule has 0 aliphatic carbocycles. The molecule has 4 nitrogen and oxygen atoms in total. The van der Waals surface area contributed by atoms with E-state index in [9.17, 15) is 8.42 Å². The number of hydrogen-bond donors (Lipinski definition) is 0. The first kappa shape index (κ1) is 12.8. The number of aromatic nitrogens is 2. The molecular formula is C8H12Cl2N2O2S. The average Bonchev–Trinajstić information content (AvgIpc) is 2.23. The van der Waals surface area contributed by atoms with E-state index in [0.717, 1.165) is 0 Å². The standard InChI is InChI=1S/C8H12Cl2N2O2S/c1-5(2)4-12-8(9)7(6(3)11-12)15(10,13)14/h5H,4H2,1-3H3. The molecule has 1 heterocycles. The van der Waals surface area contributed by atoms with E-state index in [1.165, 1.54) is 4.68 Å². The number of halogens is 2. The molecule has 0 aliphatic heterocycles. The summed E-state index contributed by atoms with van der Waals surface area (Å²) in [6, 6.07) is 0. The van der Waals surface area contributed by atoms with Crippen molar-refractivity contribution >= 4 is 31.3 Å². The van der Waals surface area contributed by atoms with E-state index in [-0.39, 0.29) is 10.0 Å². The molecule has 0 atom stereocenters. The summed E-state index contributed by atoms with van der Waals surface area (Å²) in [6.45, 7) is 6.11. The molecule has 0 N–H and O–H groups in total. The van der Waals surface area contributed by atoms with Gasteiger partial charge in [-0.3, -0.25) is 4.68 Å². The predicted octanol–water partition coefficient (Wildman–Crippen LogP) is 2.43. The van der Waals surface area contributed by atoms with Crippen LogP contribution >= 0.6 is 22.3 Å². The fourth-order valence-electron chi connectivity index (χ4n) is 1.28. The first-order valence-corrected chi connectivity index (χ1v) is 7.09. The molecule has 1 rings (SSSR count). The van der Waals surface area contributed by atoms with Gasteiger partial charge in [0, 0.05) is 17.2 Å². The SMILES string of the molecule is Cc1nn(CC(C)C)c(Cl)c1S(=O)(=O)Cl. The van der Waals surface area contributed by atoms with Crippen molar-refractivity contribution in [3.05, 3.63) is 10.8 Å². The molecule has 0 spiro atoms. The van der Waals surface area contributed by atoms with Crippen molar-refractivity contribution in [3.8, 4) is 0 Å². The largest absolute Gasteiger partial charge is 0.266 e. The number of rotatable bonds is 3. The Morgan fingerprint density at radius 3 is 2.33 bits per heavy atom. The van der Waals surface area contributed by atoms with Gasteiger partial charge in [0.05, 0.1) is 5.69 Å². The maximum absolute atomic E-state index is 11.2. The molecule has 0 saturated carbocycles. The second-order valence-electron chi connectivity index (χ2n) is 3.72. The van der Waals surface area contributed by atoms with Crippen LogP contribution in [0.25, 0.3) is 0 Å². The van der Waals surface area contributed by atoms with Gasteiger partial charge in [-0.05, 0) is 12.8 Å². The van der Waals surface area contributed by atoms with Gasteiger partial charge in [0.2, 0.25) is 0 Å². The summed E-state index contributed by atoms with van der Waals surface area (Å²) in [5.74, 6) is 0.327. The van der Waals surface area contributed by atoms with Crippen LogP contribution in [0.3, 0.4) is 0 Å². The highest BCUT2D eigenvalue weighted by molar-refractivity contribution is 8.13. The van der Waals surface area contributed by atoms with Gasteiger partial charge in [-0.2, -0.15) is 5.10 Å². The molecular weight excluding hydrogens is 259 g/mol. The fraction of sp³-hybridized carbons (Fsp3) is 0.625. The third-order valence-corrected chi connectivity index (χ3v) is 3.73. The maximum Gasteiger partial charge on any atom is 0.266 e. The van der Waals surface area contributed by atoms with Crippen LogP contribution in [0.5, 0.6) is 0 Å². The molecule has 1 aromatic heterocycles. The molecule has 86 valence electrons. The van der Waals surface area contributed by atoms with Crippen LogP contribution in [-0.2, 0) is 15.6 Å². The van der Waals surface area contributed by atoms with Gasteiger partial charge in [0.1, 0.15) is 10.0 Å². The average molecular weight is 271 g/mol. The van der Waals surface area contributed by atoms with Crippen molar-refractivity contribution in [2.75, 3.05) is 0 Å². The normalized spacial score (nSPS) is 12.4. The van der Waals surface area contributed by atoms with E-state index in [1.54, 1.807) is 6.92 Å². The third kappa shape index (κ3) is 2.86. The van der Waals surface area contributed by atoms with E-state index in [1.807, 2.05) is 13.8 Å². The quantitative estimate of drug-likeness (QED) is 0.793. The van der Waals surface area contributed by atoms with Crippen LogP contribution in [0.15, 0.2) is 4.90 Å². The van der Waals surface area contributed by atoms with Gasteiger partial charge in [0.25, 0.3) is 9.05 Å². The summed E-state index contributed by atoms with van der Waals surface area (Å²) in [6.07, 6.45) is 0. The minimum Gasteiger partial charge on any atom is -0.252 e. The smallest absolute Gasteiger partial charge is 0.252 e. The van der Waals surface area contributed by atoms with Crippen LogP contribution < -0.4 is 0 Å². The molecule has 0 saturated heterocycles. The Bertz CT molecular complexity index is 465. The zero-order valence-corrected chi connectivity index (χ0v) is 11.0. The van der Waals surface area contributed by atoms with Crippen molar-refractivity contribution in [2.45, 2.75) is 32.2 Å². The van der Waals surface area contributed by atoms with E-state index in [2.05, 4.69) is 5.10 Å². The van der Waals surface area contributed by atoms with Crippen molar-refractivity contribution < 1.29 is 8.42 Å². The summed E-state index contributed by atoms with van der Waals surface area (Å²) in [5.41, 5.74) is 0.329. The molecule has 0 aromatic carbocycles. The topological polar surface area (TPSA) is 52.0 Å². The number of nitrogens with zero attached hydrogens (tertiary/aromatic N) is 2. The van der Waals surface area contributed by atoms with Crippen molar-refractivity contribution in [1.82, 2.24) is 9.78 Å². The molecule has 7 heteroatoms. The molecule has 0 amide bonds. The van der Waals surface area contributed by atoms with E-state index < -0.39 is 9.05 Å². The Labute approximate surface area is 98.6 Å². The first-order valence-electron chi connectivity index (χ1n) is 4.41. The summed E-state index contributed by atoms with van der Waals surface area (Å²) in [4.78, 5) is -0.0912. The highest BCUT2D eigenvalue weighted by Crippen LogP contribution is 2.28. The summed E-state index contributed by atoms with van der Waals surface area (Å²) in [5, 5.41) is 4.12. The lowest BCUT2D eigenvalue weighted by molar-refractivity contribution is 0.481. The van der Waals surface area contributed by atoms with Gasteiger partial charge in [-0.25, -0.2) is 8.42 Å². The molecule has 1 aromatic rings. The maximum atomic E-state index is 11.2. The molecule has 0 radical (unpaired) electrons. The Balaban J connectivity index is 3.27. The fourth-order valence-corrected chi connectivity index (χ4v) is 3.20. The Hall–Kier alpha value is -0.260. The van der Waals surface area contributed by atoms with Crippen molar-refractivity contribution in [1.29, 1.82) is 0 Å². The summed E-state index contributed by atoms with van der Waals surface area (Å²) >= 11 is 5.90. The Morgan fingerprint density at radius 1 is 1.47 bits per heavy atom. The van der Waals surface area contributed by atoms with Gasteiger partial charge in [-0.15, -0.1) is 0 Å². The number of hydrogen-bond acceptors (Lipinski definition) is 3. The van der Waals surface area contributed by atoms with E-state index in [0.29, 0.717) is 18.2 Å². The highest BCUT2D eigenvalue weighted by Gasteiger charge is 2.24. The van der Waals surface area contributed by atoms with Gasteiger partial charge < -0.3 is 0 Å². The lowest BCUT2D eigenvalue weighted by atomic mass is 10.2. The number of aryl methyl sites for hydroxylation is 1. The summed E-state index contributed by atoms with van der Waals surface area (Å²) in [7, 11) is 1.43. The highest BCUT2D eigenvalue weighted by atomic mass is 35.7. The van der Waals surface area contributed by atoms with Crippen molar-refractivity contribution in [3.63, 3.8) is 0 Å². The molecule has 0 fully saturated rings. The lowest BCUT2D eigenvalue weighted by Crippen LogP contribution is -2.06. The van der Waals surface area contributed by atoms with Crippen LogP contribution in [-0.4, -0.2) is 18.2 Å². The van der Waals surface area contributed by atoms with Crippen LogP contribution in [0.1, 0.15) is 19.5 Å². The second-order valence-corrected chi connectivity index (χ2v) is 6.58. The summed E-state index contributed by atoms with van der Waals surface area (Å²) < 4.78 is 23.9. The van der Waals surface area contributed by atoms with Crippen LogP contribution in [0.4, 0.5) is 0 Å². The lowest BCUT2D eigenvalue weighted by Gasteiger charge is -2.05. The van der Waals surface area contributed by atoms with Gasteiger partial charge in [-0.1, -0.05) is 25.4 Å². The molecule has 0 unspecified atom stereocenters. The monoisotopic (exact) mass is 270 g/mol. The van der Waals surface area contributed by atoms with Gasteiger partial charge in [0.15, 0.2) is 0 Å². The zero-order valence-electron chi connectivity index (χ0n) is 8.66. The van der Waals surface area contributed by atoms with Gasteiger partial charge >= 0.3 is 0 Å². The third-order valence-electron chi connectivity index (χ3n) is 1.80. The Kier molecular flexibility index (Phi) is 3.68. The molecule has 15 heavy (non-hydrogen) atoms. The zero-order chi connectivity index (χ0) is 11.8. The first-order chi connectivity index (χ1) is 6.73. The van der Waals surface area contributed by atoms with Crippen LogP contribution in [0, 0.1) is 12.8 Å².